The highest BCUT2D eigenvalue weighted by molar-refractivity contribution is 5.93. The lowest BCUT2D eigenvalue weighted by atomic mass is 10.1. The van der Waals surface area contributed by atoms with Crippen molar-refractivity contribution in [2.75, 3.05) is 6.54 Å². The Hall–Kier alpha value is -1.26. The van der Waals surface area contributed by atoms with Gasteiger partial charge in [-0.1, -0.05) is 33.1 Å². The van der Waals surface area contributed by atoms with E-state index in [9.17, 15) is 4.79 Å². The number of nitrogens with one attached hydrogen (secondary N) is 3. The van der Waals surface area contributed by atoms with Gasteiger partial charge in [0.1, 0.15) is 0 Å². The Balaban J connectivity index is 3.24. The van der Waals surface area contributed by atoms with Crippen LogP contribution < -0.4 is 16.4 Å². The molecule has 0 saturated heterocycles. The Morgan fingerprint density at radius 3 is 2.53 bits per heavy atom. The number of rotatable bonds is 6. The Morgan fingerprint density at radius 2 is 2.00 bits per heavy atom. The van der Waals surface area contributed by atoms with E-state index in [4.69, 9.17) is 11.1 Å². The van der Waals surface area contributed by atoms with Gasteiger partial charge in [-0.15, -0.1) is 0 Å². The van der Waals surface area contributed by atoms with Crippen molar-refractivity contribution in [3.05, 3.63) is 0 Å². The van der Waals surface area contributed by atoms with E-state index < -0.39 is 6.03 Å². The number of nitrogens with two attached hydrogens (primary N) is 1. The molecule has 0 aliphatic heterocycles. The predicted octanol–water partition coefficient (Wildman–Crippen LogP) is 1.40. The molecule has 0 spiro atoms. The molecule has 0 bridgehead atoms. The molecule has 0 radical (unpaired) electrons. The van der Waals surface area contributed by atoms with E-state index in [0.717, 1.165) is 18.8 Å². The molecule has 5 N–H and O–H groups in total. The summed E-state index contributed by atoms with van der Waals surface area (Å²) < 4.78 is 0. The molecule has 0 rings (SSSR count). The molecule has 88 valence electrons. The number of unbranched alkanes of at least 4 members (excludes halogenated alkanes) is 2. The highest BCUT2D eigenvalue weighted by atomic mass is 16.2. The fraction of sp³-hybridized carbons (Fsp3) is 0.800. The first-order valence-corrected chi connectivity index (χ1v) is 5.41. The van der Waals surface area contributed by atoms with Crippen LogP contribution in [0.25, 0.3) is 0 Å². The van der Waals surface area contributed by atoms with E-state index in [1.165, 1.54) is 12.8 Å². The first kappa shape index (κ1) is 13.7. The second-order valence-corrected chi connectivity index (χ2v) is 4.04. The van der Waals surface area contributed by atoms with Crippen LogP contribution in [0.4, 0.5) is 4.79 Å². The van der Waals surface area contributed by atoms with Gasteiger partial charge in [-0.05, 0) is 12.3 Å². The smallest absolute Gasteiger partial charge is 0.321 e. The molecule has 0 aliphatic carbocycles. The number of guanidine groups is 1. The first-order valence-electron chi connectivity index (χ1n) is 5.41. The minimum atomic E-state index is -0.397. The van der Waals surface area contributed by atoms with E-state index in [0.29, 0.717) is 6.54 Å². The maximum Gasteiger partial charge on any atom is 0.321 e. The third-order valence-electron chi connectivity index (χ3n) is 1.99. The van der Waals surface area contributed by atoms with Gasteiger partial charge in [-0.25, -0.2) is 4.79 Å². The van der Waals surface area contributed by atoms with E-state index in [1.54, 1.807) is 0 Å². The highest BCUT2D eigenvalue weighted by Crippen LogP contribution is 2.07. The molecule has 0 fully saturated rings. The van der Waals surface area contributed by atoms with Crippen molar-refractivity contribution in [3.63, 3.8) is 0 Å². The van der Waals surface area contributed by atoms with E-state index in [1.807, 2.05) is 0 Å². The summed E-state index contributed by atoms with van der Waals surface area (Å²) in [5, 5.41) is 11.6. The van der Waals surface area contributed by atoms with Crippen molar-refractivity contribution < 1.29 is 4.79 Å². The normalized spacial score (nSPS) is 10.1. The molecule has 2 amide bonds. The largest absolute Gasteiger partial charge is 0.370 e. The summed E-state index contributed by atoms with van der Waals surface area (Å²) in [6, 6.07) is -0.397. The molecule has 0 aromatic heterocycles. The summed E-state index contributed by atoms with van der Waals surface area (Å²) in [5.74, 6) is 0.422. The number of amides is 2. The van der Waals surface area contributed by atoms with Gasteiger partial charge in [-0.2, -0.15) is 0 Å². The molecule has 0 saturated carbocycles. The van der Waals surface area contributed by atoms with Crippen LogP contribution in [0, 0.1) is 11.3 Å². The standard InChI is InChI=1S/C10H22N4O/c1-8(2)6-4-3-5-7-13-10(15)14-9(11)12/h8H,3-7H2,1-2H3,(H5,11,12,13,14,15). The van der Waals surface area contributed by atoms with Crippen molar-refractivity contribution in [2.45, 2.75) is 39.5 Å². The molecule has 0 aromatic rings. The maximum atomic E-state index is 11.0. The molecule has 5 heteroatoms. The Labute approximate surface area is 91.3 Å². The fourth-order valence-electron chi connectivity index (χ4n) is 1.22. The van der Waals surface area contributed by atoms with Gasteiger partial charge in [-0.3, -0.25) is 10.7 Å². The number of hydrogen-bond acceptors (Lipinski definition) is 2. The maximum absolute atomic E-state index is 11.0. The van der Waals surface area contributed by atoms with Crippen LogP contribution in [0.5, 0.6) is 0 Å². The SMILES string of the molecule is CC(C)CCCCCNC(=O)NC(=N)N. The zero-order chi connectivity index (χ0) is 11.7. The zero-order valence-corrected chi connectivity index (χ0v) is 9.60. The van der Waals surface area contributed by atoms with Crippen molar-refractivity contribution in [3.8, 4) is 0 Å². The summed E-state index contributed by atoms with van der Waals surface area (Å²) in [6.07, 6.45) is 4.53. The summed E-state index contributed by atoms with van der Waals surface area (Å²) in [6.45, 7) is 5.05. The fourth-order valence-corrected chi connectivity index (χ4v) is 1.22. The number of carbonyl (C=O) groups excluding carboxylic acids is 1. The summed E-state index contributed by atoms with van der Waals surface area (Å²) >= 11 is 0. The Bertz CT molecular complexity index is 204. The average Bonchev–Trinajstić information content (AvgIpc) is 2.09. The van der Waals surface area contributed by atoms with E-state index >= 15 is 0 Å². The van der Waals surface area contributed by atoms with Crippen molar-refractivity contribution >= 4 is 12.0 Å². The summed E-state index contributed by atoms with van der Waals surface area (Å²) in [4.78, 5) is 11.0. The van der Waals surface area contributed by atoms with Gasteiger partial charge < -0.3 is 11.1 Å². The van der Waals surface area contributed by atoms with Gasteiger partial charge in [0.05, 0.1) is 0 Å². The van der Waals surface area contributed by atoms with E-state index in [-0.39, 0.29) is 5.96 Å². The number of urea groups is 1. The van der Waals surface area contributed by atoms with Gasteiger partial charge >= 0.3 is 6.03 Å². The molecule has 0 heterocycles. The molecule has 15 heavy (non-hydrogen) atoms. The summed E-state index contributed by atoms with van der Waals surface area (Å²) in [5.41, 5.74) is 4.99. The molecule has 0 atom stereocenters. The van der Waals surface area contributed by atoms with Crippen LogP contribution in [0.3, 0.4) is 0 Å². The minimum absolute atomic E-state index is 0.327. The average molecular weight is 214 g/mol. The Morgan fingerprint density at radius 1 is 1.33 bits per heavy atom. The van der Waals surface area contributed by atoms with Gasteiger partial charge in [0, 0.05) is 6.54 Å². The first-order chi connectivity index (χ1) is 7.02. The third kappa shape index (κ3) is 10.7. The lowest BCUT2D eigenvalue weighted by Crippen LogP contribution is -2.42. The second kappa shape index (κ2) is 8.08. The van der Waals surface area contributed by atoms with Crippen LogP contribution in [-0.4, -0.2) is 18.5 Å². The molecule has 5 nitrogen and oxygen atoms in total. The number of hydrogen-bond donors (Lipinski definition) is 4. The highest BCUT2D eigenvalue weighted by Gasteiger charge is 1.99. The Kier molecular flexibility index (Phi) is 7.40. The number of carbonyl (C=O) groups is 1. The minimum Gasteiger partial charge on any atom is -0.370 e. The quantitative estimate of drug-likeness (QED) is 0.306. The van der Waals surface area contributed by atoms with Crippen LogP contribution in [0.1, 0.15) is 39.5 Å². The van der Waals surface area contributed by atoms with Crippen LogP contribution in [0.15, 0.2) is 0 Å². The lowest BCUT2D eigenvalue weighted by Gasteiger charge is -2.06. The molecule has 0 unspecified atom stereocenters. The van der Waals surface area contributed by atoms with Gasteiger partial charge in [0.15, 0.2) is 5.96 Å². The van der Waals surface area contributed by atoms with Gasteiger partial charge in [0.2, 0.25) is 0 Å². The molecular formula is C10H22N4O. The predicted molar refractivity (Wildman–Crippen MR) is 61.8 cm³/mol. The third-order valence-corrected chi connectivity index (χ3v) is 1.99. The lowest BCUT2D eigenvalue weighted by molar-refractivity contribution is 0.245. The topological polar surface area (TPSA) is 91.0 Å². The molecule has 0 aromatic carbocycles. The van der Waals surface area contributed by atoms with Crippen molar-refractivity contribution in [1.82, 2.24) is 10.6 Å². The van der Waals surface area contributed by atoms with Crippen LogP contribution in [0.2, 0.25) is 0 Å². The van der Waals surface area contributed by atoms with Gasteiger partial charge in [0.25, 0.3) is 0 Å². The van der Waals surface area contributed by atoms with E-state index in [2.05, 4.69) is 24.5 Å². The summed E-state index contributed by atoms with van der Waals surface area (Å²) in [7, 11) is 0. The monoisotopic (exact) mass is 214 g/mol. The van der Waals surface area contributed by atoms with Crippen LogP contribution >= 0.6 is 0 Å². The zero-order valence-electron chi connectivity index (χ0n) is 9.60. The van der Waals surface area contributed by atoms with Crippen LogP contribution in [-0.2, 0) is 0 Å². The van der Waals surface area contributed by atoms with Crippen molar-refractivity contribution in [1.29, 1.82) is 5.41 Å². The molecule has 0 aliphatic rings. The molecular weight excluding hydrogens is 192 g/mol. The van der Waals surface area contributed by atoms with Crippen molar-refractivity contribution in [2.24, 2.45) is 11.7 Å². The second-order valence-electron chi connectivity index (χ2n) is 4.04.